The molecule has 75 heavy (non-hydrogen) atoms. The van der Waals surface area contributed by atoms with Crippen molar-refractivity contribution in [2.24, 2.45) is 5.41 Å². The van der Waals surface area contributed by atoms with Gasteiger partial charge in [-0.2, -0.15) is 0 Å². The summed E-state index contributed by atoms with van der Waals surface area (Å²) in [4.78, 5) is 90.1. The number of rotatable bonds is 14. The standard InChI is InChI=1S/C59H74N8O8/c1-37(64(8)57(73)75-59(5,6)7)52(68)63-51(58(2,3)4)55(71)67-35-44(32-49(67)53(69)62-46-25-17-23-39-18-15-16-24-45(39)46)61-56(72)65-29-28-42-30-38(26-27-48(42)65)34-66(50(36-74-9)40-19-11-10-12-20-40)54(70)47-31-41-21-13-14-22-43(41)33-60-47/h10-16,18-22,24,26-30,37,44,46-47,49-51,60H,17,23,25,31-36H2,1-9H3,(H,61,72)(H,62,69)(H,63,68)/t37-,44-,46-,47-,49-,50-,51+/m0/s1. The van der Waals surface area contributed by atoms with Gasteiger partial charge in [0.25, 0.3) is 0 Å². The topological polar surface area (TPSA) is 184 Å². The largest absolute Gasteiger partial charge is 0.444 e. The number of amides is 6. The fourth-order valence-corrected chi connectivity index (χ4v) is 10.6. The van der Waals surface area contributed by atoms with E-state index >= 15 is 4.79 Å². The summed E-state index contributed by atoms with van der Waals surface area (Å²) in [6.45, 7) is 13.4. The molecule has 0 bridgehead atoms. The number of aryl methyl sites for hydroxylation is 1. The summed E-state index contributed by atoms with van der Waals surface area (Å²) >= 11 is 0. The van der Waals surface area contributed by atoms with E-state index in [1.54, 1.807) is 41.0 Å². The van der Waals surface area contributed by atoms with Crippen LogP contribution in [0.25, 0.3) is 10.9 Å². The smallest absolute Gasteiger partial charge is 0.410 e. The number of methoxy groups -OCH3 is 1. The van der Waals surface area contributed by atoms with Gasteiger partial charge in [0.1, 0.15) is 23.7 Å². The van der Waals surface area contributed by atoms with Crippen molar-refractivity contribution in [1.29, 1.82) is 0 Å². The molecule has 0 radical (unpaired) electrons. The van der Waals surface area contributed by atoms with Gasteiger partial charge in [0.15, 0.2) is 0 Å². The second-order valence-corrected chi connectivity index (χ2v) is 22.4. The van der Waals surface area contributed by atoms with Crippen molar-refractivity contribution in [3.05, 3.63) is 143 Å². The maximum Gasteiger partial charge on any atom is 0.410 e. The van der Waals surface area contributed by atoms with Crippen LogP contribution in [0.5, 0.6) is 0 Å². The molecule has 3 heterocycles. The number of fused-ring (bicyclic) bond motifs is 3. The molecule has 1 saturated heterocycles. The molecule has 16 nitrogen and oxygen atoms in total. The number of likely N-dealkylation sites (N-methyl/N-ethyl adjacent to an activating group) is 1. The average molecular weight is 1020 g/mol. The molecule has 398 valence electrons. The Balaban J connectivity index is 1.03. The minimum Gasteiger partial charge on any atom is -0.444 e. The molecular weight excluding hydrogens is 949 g/mol. The zero-order chi connectivity index (χ0) is 53.8. The number of nitrogens with zero attached hydrogens (tertiary/aromatic N) is 4. The van der Waals surface area contributed by atoms with E-state index in [1.165, 1.54) is 32.5 Å². The summed E-state index contributed by atoms with van der Waals surface area (Å²) in [5, 5.41) is 13.6. The van der Waals surface area contributed by atoms with Crippen molar-refractivity contribution < 1.29 is 38.2 Å². The lowest BCUT2D eigenvalue weighted by Crippen LogP contribution is -2.60. The first-order valence-corrected chi connectivity index (χ1v) is 26.2. The van der Waals surface area contributed by atoms with Crippen LogP contribution >= 0.6 is 0 Å². The number of hydrogen-bond acceptors (Lipinski definition) is 9. The normalized spacial score (nSPS) is 19.7. The van der Waals surface area contributed by atoms with Crippen LogP contribution in [0.1, 0.15) is 113 Å². The van der Waals surface area contributed by atoms with Gasteiger partial charge in [0.05, 0.1) is 36.3 Å². The number of ether oxygens (including phenoxy) is 2. The molecule has 2 aliphatic heterocycles. The number of aromatic nitrogens is 1. The first kappa shape index (κ1) is 54.2. The molecule has 3 aliphatic rings. The van der Waals surface area contributed by atoms with Gasteiger partial charge in [0.2, 0.25) is 23.6 Å². The van der Waals surface area contributed by atoms with Crippen LogP contribution in [-0.4, -0.2) is 118 Å². The molecule has 0 saturated carbocycles. The van der Waals surface area contributed by atoms with Crippen molar-refractivity contribution >= 4 is 46.7 Å². The Kier molecular flexibility index (Phi) is 16.5. The maximum absolute atomic E-state index is 15.0. The summed E-state index contributed by atoms with van der Waals surface area (Å²) in [5.41, 5.74) is 5.38. The third-order valence-corrected chi connectivity index (χ3v) is 14.8. The van der Waals surface area contributed by atoms with E-state index in [4.69, 9.17) is 9.47 Å². The summed E-state index contributed by atoms with van der Waals surface area (Å²) in [6, 6.07) is 28.5. The highest BCUT2D eigenvalue weighted by Gasteiger charge is 2.46. The molecule has 1 aromatic heterocycles. The van der Waals surface area contributed by atoms with Gasteiger partial charge in [-0.25, -0.2) is 9.59 Å². The Morgan fingerprint density at radius 2 is 1.53 bits per heavy atom. The first-order valence-electron chi connectivity index (χ1n) is 26.2. The minimum atomic E-state index is -1.11. The van der Waals surface area contributed by atoms with Crippen molar-refractivity contribution in [3.8, 4) is 0 Å². The summed E-state index contributed by atoms with van der Waals surface area (Å²) < 4.78 is 12.8. The van der Waals surface area contributed by atoms with E-state index in [0.717, 1.165) is 46.9 Å². The fraction of sp³-hybridized carbons (Fsp3) is 0.458. The van der Waals surface area contributed by atoms with Crippen LogP contribution in [0, 0.1) is 5.41 Å². The molecule has 4 aromatic carbocycles. The third kappa shape index (κ3) is 12.6. The highest BCUT2D eigenvalue weighted by Crippen LogP contribution is 2.33. The van der Waals surface area contributed by atoms with Crippen molar-refractivity contribution in [1.82, 2.24) is 40.5 Å². The predicted octanol–water partition coefficient (Wildman–Crippen LogP) is 7.58. The number of carbonyl (C=O) groups excluding carboxylic acids is 6. The minimum absolute atomic E-state index is 0.00155. The Hall–Kier alpha value is -7.04. The SMILES string of the molecule is COC[C@@H](c1ccccc1)N(Cc1ccc2c(ccn2C(=O)N[C@H]2C[C@@H](C(=O)N[C@H]3CCCc4ccccc43)N(C(=O)[C@@H](NC(=O)[C@H](C)N(C)C(=O)OC(C)(C)C)C(C)(C)C)C2)c1)C(=O)[C@@H]1Cc2ccccc2CN1. The molecule has 1 fully saturated rings. The Labute approximate surface area is 440 Å². The molecule has 4 N–H and O–H groups in total. The van der Waals surface area contributed by atoms with Crippen LogP contribution in [0.15, 0.2) is 109 Å². The highest BCUT2D eigenvalue weighted by molar-refractivity contribution is 5.96. The molecule has 16 heteroatoms. The first-order chi connectivity index (χ1) is 35.7. The summed E-state index contributed by atoms with van der Waals surface area (Å²) in [7, 11) is 3.11. The molecule has 0 unspecified atom stereocenters. The number of benzene rings is 4. The molecule has 1 aliphatic carbocycles. The van der Waals surface area contributed by atoms with Crippen LogP contribution in [0.2, 0.25) is 0 Å². The Morgan fingerprint density at radius 1 is 0.840 bits per heavy atom. The number of carbonyl (C=O) groups is 6. The Bertz CT molecular complexity index is 2890. The van der Waals surface area contributed by atoms with Crippen molar-refractivity contribution in [2.75, 3.05) is 27.3 Å². The van der Waals surface area contributed by atoms with Crippen molar-refractivity contribution in [2.45, 2.75) is 142 Å². The lowest BCUT2D eigenvalue weighted by molar-refractivity contribution is -0.144. The average Bonchev–Trinajstić information content (AvgIpc) is 4.02. The van der Waals surface area contributed by atoms with Gasteiger partial charge in [-0.1, -0.05) is 106 Å². The second-order valence-electron chi connectivity index (χ2n) is 22.4. The lowest BCUT2D eigenvalue weighted by Gasteiger charge is -2.37. The van der Waals surface area contributed by atoms with E-state index in [2.05, 4.69) is 39.5 Å². The van der Waals surface area contributed by atoms with E-state index in [9.17, 15) is 24.0 Å². The molecule has 0 spiro atoms. The molecule has 6 amide bonds. The lowest BCUT2D eigenvalue weighted by atomic mass is 9.85. The van der Waals surface area contributed by atoms with Gasteiger partial charge in [-0.05, 0) is 117 Å². The van der Waals surface area contributed by atoms with E-state index in [1.807, 2.05) is 111 Å². The highest BCUT2D eigenvalue weighted by atomic mass is 16.6. The Morgan fingerprint density at radius 3 is 2.24 bits per heavy atom. The van der Waals surface area contributed by atoms with Gasteiger partial charge in [0, 0.05) is 45.4 Å². The van der Waals surface area contributed by atoms with E-state index in [0.29, 0.717) is 18.5 Å². The molecular formula is C59H74N8O8. The summed E-state index contributed by atoms with van der Waals surface area (Å²) in [6.07, 6.45) is 4.22. The van der Waals surface area contributed by atoms with E-state index in [-0.39, 0.29) is 50.0 Å². The third-order valence-electron chi connectivity index (χ3n) is 14.8. The zero-order valence-corrected chi connectivity index (χ0v) is 44.9. The summed E-state index contributed by atoms with van der Waals surface area (Å²) in [5.74, 6) is -1.45. The molecule has 7 atom stereocenters. The van der Waals surface area contributed by atoms with Gasteiger partial charge >= 0.3 is 12.1 Å². The number of hydrogen-bond donors (Lipinski definition) is 4. The second kappa shape index (κ2) is 22.8. The van der Waals surface area contributed by atoms with E-state index < -0.39 is 65.2 Å². The van der Waals surface area contributed by atoms with Crippen LogP contribution < -0.4 is 21.3 Å². The zero-order valence-electron chi connectivity index (χ0n) is 44.9. The predicted molar refractivity (Wildman–Crippen MR) is 287 cm³/mol. The number of nitrogens with one attached hydrogen (secondary N) is 4. The van der Waals surface area contributed by atoms with Crippen LogP contribution in [0.3, 0.4) is 0 Å². The van der Waals surface area contributed by atoms with Crippen LogP contribution in [0.4, 0.5) is 9.59 Å². The van der Waals surface area contributed by atoms with Crippen molar-refractivity contribution in [3.63, 3.8) is 0 Å². The molecule has 8 rings (SSSR count). The fourth-order valence-electron chi connectivity index (χ4n) is 10.6. The van der Waals surface area contributed by atoms with Crippen LogP contribution in [-0.2, 0) is 54.6 Å². The van der Waals surface area contributed by atoms with Gasteiger partial charge < -0.3 is 40.5 Å². The number of likely N-dealkylation sites (tertiary alicyclic amines) is 1. The maximum atomic E-state index is 15.0. The van der Waals surface area contributed by atoms with Gasteiger partial charge in [-0.15, -0.1) is 0 Å². The quantitative estimate of drug-likeness (QED) is 0.0872. The van der Waals surface area contributed by atoms with Gasteiger partial charge in [-0.3, -0.25) is 28.6 Å². The monoisotopic (exact) mass is 1020 g/mol. The molecule has 5 aromatic rings.